The van der Waals surface area contributed by atoms with Gasteiger partial charge < -0.3 is 9.84 Å². The molecule has 0 bridgehead atoms. The second-order valence-electron chi connectivity index (χ2n) is 7.91. The van der Waals surface area contributed by atoms with Crippen LogP contribution in [0, 0.1) is 0 Å². The number of ether oxygens (including phenoxy) is 1. The van der Waals surface area contributed by atoms with E-state index in [1.54, 1.807) is 45.0 Å². The molecule has 0 radical (unpaired) electrons. The molecule has 0 saturated carbocycles. The fourth-order valence-corrected chi connectivity index (χ4v) is 4.23. The lowest BCUT2D eigenvalue weighted by molar-refractivity contribution is -0.148. The second-order valence-corrected chi connectivity index (χ2v) is 9.72. The summed E-state index contributed by atoms with van der Waals surface area (Å²) in [6, 6.07) is 9.27. The van der Waals surface area contributed by atoms with Gasteiger partial charge in [-0.15, -0.1) is 0 Å². The van der Waals surface area contributed by atoms with Crippen molar-refractivity contribution in [2.75, 3.05) is 0 Å². The van der Waals surface area contributed by atoms with Crippen molar-refractivity contribution < 1.29 is 27.9 Å². The maximum Gasteiger partial charge on any atom is 0.331 e. The highest BCUT2D eigenvalue weighted by atomic mass is 32.2. The summed E-state index contributed by atoms with van der Waals surface area (Å²) in [6.07, 6.45) is 7.94. The highest BCUT2D eigenvalue weighted by Crippen LogP contribution is 2.23. The van der Waals surface area contributed by atoms with Crippen LogP contribution in [0.2, 0.25) is 0 Å². The number of aliphatic carboxylic acids is 1. The summed E-state index contributed by atoms with van der Waals surface area (Å²) in [5.41, 5.74) is 0.674. The van der Waals surface area contributed by atoms with Crippen molar-refractivity contribution in [3.63, 3.8) is 0 Å². The highest BCUT2D eigenvalue weighted by molar-refractivity contribution is 7.90. The fourth-order valence-electron chi connectivity index (χ4n) is 2.86. The largest absolute Gasteiger partial charge is 0.478 e. The molecule has 0 saturated heterocycles. The molecule has 2 aromatic heterocycles. The Bertz CT molecular complexity index is 1340. The Morgan fingerprint density at radius 1 is 1.06 bits per heavy atom. The van der Waals surface area contributed by atoms with Crippen LogP contribution in [0.4, 0.5) is 0 Å². The van der Waals surface area contributed by atoms with Crippen LogP contribution >= 0.6 is 0 Å². The summed E-state index contributed by atoms with van der Waals surface area (Å²) in [5.74, 6) is -1.62. The number of aromatic nitrogens is 2. The molecule has 3 rings (SSSR count). The summed E-state index contributed by atoms with van der Waals surface area (Å²) in [5, 5.41) is 9.34. The lowest BCUT2D eigenvalue weighted by Crippen LogP contribution is -2.22. The Kier molecular flexibility index (Phi) is 6.31. The van der Waals surface area contributed by atoms with Crippen molar-refractivity contribution in [2.24, 2.45) is 0 Å². The van der Waals surface area contributed by atoms with Gasteiger partial charge in [-0.3, -0.25) is 0 Å². The lowest BCUT2D eigenvalue weighted by atomic mass is 10.2. The van der Waals surface area contributed by atoms with Crippen molar-refractivity contribution >= 4 is 45.1 Å². The zero-order valence-corrected chi connectivity index (χ0v) is 18.5. The minimum absolute atomic E-state index is 0.00163. The summed E-state index contributed by atoms with van der Waals surface area (Å²) in [6.45, 7) is 5.31. The molecule has 0 aliphatic carbocycles. The molecule has 0 unspecified atom stereocenters. The van der Waals surface area contributed by atoms with Gasteiger partial charge in [0.25, 0.3) is 10.0 Å². The number of rotatable bonds is 6. The average Bonchev–Trinajstić information content (AvgIpc) is 3.14. The molecule has 8 nitrogen and oxygen atoms in total. The van der Waals surface area contributed by atoms with Crippen LogP contribution in [0.25, 0.3) is 23.2 Å². The summed E-state index contributed by atoms with van der Waals surface area (Å²) >= 11 is 0. The number of hydrogen-bond acceptors (Lipinski definition) is 6. The van der Waals surface area contributed by atoms with E-state index in [1.165, 1.54) is 42.7 Å². The van der Waals surface area contributed by atoms with Crippen molar-refractivity contribution in [3.05, 3.63) is 72.1 Å². The Morgan fingerprint density at radius 3 is 2.47 bits per heavy atom. The number of benzene rings is 1. The highest BCUT2D eigenvalue weighted by Gasteiger charge is 2.20. The van der Waals surface area contributed by atoms with Crippen molar-refractivity contribution in [3.8, 4) is 0 Å². The van der Waals surface area contributed by atoms with E-state index >= 15 is 0 Å². The Hall–Kier alpha value is -3.72. The van der Waals surface area contributed by atoms with Gasteiger partial charge in [0.05, 0.1) is 4.90 Å². The van der Waals surface area contributed by atoms with Crippen molar-refractivity contribution in [1.29, 1.82) is 0 Å². The van der Waals surface area contributed by atoms with Gasteiger partial charge in [-0.1, -0.05) is 12.1 Å². The molecule has 9 heteroatoms. The standard InChI is InChI=1S/C23H22N2O6S/c1-23(2,3)31-21(28)10-8-17-13-18-11-12-25(22(18)24-15-17)32(29,30)19-6-4-5-16(14-19)7-9-20(26)27/h4-15H,1-3H3,(H,26,27)/b9-7?,10-8+. The first-order valence-corrected chi connectivity index (χ1v) is 11.0. The third-order valence-electron chi connectivity index (χ3n) is 4.17. The lowest BCUT2D eigenvalue weighted by Gasteiger charge is -2.17. The van der Waals surface area contributed by atoms with Crippen LogP contribution in [0.3, 0.4) is 0 Å². The van der Waals surface area contributed by atoms with Gasteiger partial charge in [0.2, 0.25) is 0 Å². The van der Waals surface area contributed by atoms with Gasteiger partial charge >= 0.3 is 11.9 Å². The molecule has 0 amide bonds. The Labute approximate surface area is 185 Å². The van der Waals surface area contributed by atoms with E-state index in [0.717, 1.165) is 10.0 Å². The van der Waals surface area contributed by atoms with E-state index in [4.69, 9.17) is 9.84 Å². The quantitative estimate of drug-likeness (QED) is 0.446. The third kappa shape index (κ3) is 5.50. The SMILES string of the molecule is CC(C)(C)OC(=O)/C=C/c1cnc2c(ccn2S(=O)(=O)c2cccc(C=CC(=O)O)c2)c1. The van der Waals surface area contributed by atoms with E-state index < -0.39 is 27.6 Å². The van der Waals surface area contributed by atoms with Crippen molar-refractivity contribution in [2.45, 2.75) is 31.3 Å². The number of nitrogens with zero attached hydrogens (tertiary/aromatic N) is 2. The molecule has 32 heavy (non-hydrogen) atoms. The first-order chi connectivity index (χ1) is 15.0. The first kappa shape index (κ1) is 23.0. The van der Waals surface area contributed by atoms with Gasteiger partial charge in [-0.25, -0.2) is 27.0 Å². The zero-order chi connectivity index (χ0) is 23.5. The number of esters is 1. The number of fused-ring (bicyclic) bond motifs is 1. The van der Waals surface area contributed by atoms with Gasteiger partial charge in [-0.05, 0) is 68.3 Å². The average molecular weight is 455 g/mol. The van der Waals surface area contributed by atoms with Gasteiger partial charge in [0, 0.05) is 29.9 Å². The molecule has 0 atom stereocenters. The van der Waals surface area contributed by atoms with Crippen LogP contribution in [0.1, 0.15) is 31.9 Å². The van der Waals surface area contributed by atoms with Crippen molar-refractivity contribution in [1.82, 2.24) is 8.96 Å². The summed E-state index contributed by atoms with van der Waals surface area (Å²) < 4.78 is 32.6. The summed E-state index contributed by atoms with van der Waals surface area (Å²) in [7, 11) is -3.96. The summed E-state index contributed by atoms with van der Waals surface area (Å²) in [4.78, 5) is 26.8. The third-order valence-corrected chi connectivity index (χ3v) is 5.83. The topological polar surface area (TPSA) is 116 Å². The molecule has 0 aliphatic heterocycles. The predicted molar refractivity (Wildman–Crippen MR) is 120 cm³/mol. The number of carboxylic acid groups (broad SMARTS) is 1. The molecule has 0 aliphatic rings. The molecular weight excluding hydrogens is 432 g/mol. The minimum Gasteiger partial charge on any atom is -0.478 e. The van der Waals surface area contributed by atoms with E-state index in [-0.39, 0.29) is 10.5 Å². The molecular formula is C23H22N2O6S. The van der Waals surface area contributed by atoms with E-state index in [2.05, 4.69) is 4.98 Å². The molecule has 2 heterocycles. The van der Waals surface area contributed by atoms with Gasteiger partial charge in [0.15, 0.2) is 5.65 Å². The van der Waals surface area contributed by atoms with E-state index in [9.17, 15) is 18.0 Å². The Morgan fingerprint density at radius 2 is 1.78 bits per heavy atom. The number of hydrogen-bond donors (Lipinski definition) is 1. The molecule has 0 spiro atoms. The molecule has 1 aromatic carbocycles. The number of carboxylic acids is 1. The maximum atomic E-state index is 13.1. The van der Waals surface area contributed by atoms with E-state index in [1.807, 2.05) is 0 Å². The molecule has 0 fully saturated rings. The van der Waals surface area contributed by atoms with Crippen LogP contribution < -0.4 is 0 Å². The predicted octanol–water partition coefficient (Wildman–Crippen LogP) is 3.73. The monoisotopic (exact) mass is 454 g/mol. The minimum atomic E-state index is -3.96. The number of pyridine rings is 1. The number of carbonyl (C=O) groups excluding carboxylic acids is 1. The van der Waals surface area contributed by atoms with E-state index in [0.29, 0.717) is 16.5 Å². The van der Waals surface area contributed by atoms with Gasteiger partial charge in [0.1, 0.15) is 5.60 Å². The van der Waals surface area contributed by atoms with Crippen LogP contribution in [-0.4, -0.2) is 40.0 Å². The fraction of sp³-hybridized carbons (Fsp3) is 0.174. The normalized spacial score (nSPS) is 12.6. The molecule has 3 aromatic rings. The van der Waals surface area contributed by atoms with Crippen LogP contribution in [0.15, 0.2) is 65.8 Å². The number of carbonyl (C=O) groups is 2. The maximum absolute atomic E-state index is 13.1. The van der Waals surface area contributed by atoms with Gasteiger partial charge in [-0.2, -0.15) is 0 Å². The Balaban J connectivity index is 1.91. The smallest absolute Gasteiger partial charge is 0.331 e. The van der Waals surface area contributed by atoms with Crippen LogP contribution in [0.5, 0.6) is 0 Å². The second kappa shape index (κ2) is 8.80. The molecule has 166 valence electrons. The van der Waals surface area contributed by atoms with Crippen LogP contribution in [-0.2, 0) is 24.3 Å². The molecule has 1 N–H and O–H groups in total. The zero-order valence-electron chi connectivity index (χ0n) is 17.7. The first-order valence-electron chi connectivity index (χ1n) is 9.60.